The molecule has 18 heavy (non-hydrogen) atoms. The lowest BCUT2D eigenvalue weighted by molar-refractivity contribution is -0.118. The molecule has 100 valence electrons. The first kappa shape index (κ1) is 15.0. The van der Waals surface area contributed by atoms with Crippen molar-refractivity contribution in [1.82, 2.24) is 5.32 Å². The summed E-state index contributed by atoms with van der Waals surface area (Å²) in [6.45, 7) is 2.57. The van der Waals surface area contributed by atoms with Gasteiger partial charge in [0.1, 0.15) is 5.75 Å². The van der Waals surface area contributed by atoms with E-state index in [9.17, 15) is 9.00 Å². The van der Waals surface area contributed by atoms with E-state index in [1.807, 2.05) is 6.92 Å². The predicted molar refractivity (Wildman–Crippen MR) is 75.9 cm³/mol. The van der Waals surface area contributed by atoms with Gasteiger partial charge in [-0.25, -0.2) is 0 Å². The average Bonchev–Trinajstić information content (AvgIpc) is 2.30. The fourth-order valence-electron chi connectivity index (χ4n) is 1.38. The molecule has 6 heteroatoms. The lowest BCUT2D eigenvalue weighted by Crippen LogP contribution is -2.29. The molecule has 0 saturated carbocycles. The van der Waals surface area contributed by atoms with Crippen molar-refractivity contribution in [3.05, 3.63) is 28.8 Å². The maximum absolute atomic E-state index is 11.8. The molecule has 4 nitrogen and oxygen atoms in total. The summed E-state index contributed by atoms with van der Waals surface area (Å²) in [6.07, 6.45) is 0.864. The first-order chi connectivity index (χ1) is 8.52. The molecule has 0 aliphatic heterocycles. The highest BCUT2D eigenvalue weighted by molar-refractivity contribution is 7.84. The topological polar surface area (TPSA) is 72.2 Å². The minimum atomic E-state index is -1.26. The highest BCUT2D eigenvalue weighted by Gasteiger charge is 2.10. The first-order valence-electron chi connectivity index (χ1n) is 5.68. The molecule has 1 atom stereocenters. The Hall–Kier alpha value is -1.07. The van der Waals surface area contributed by atoms with E-state index >= 15 is 0 Å². The highest BCUT2D eigenvalue weighted by atomic mass is 35.5. The predicted octanol–water partition coefficient (Wildman–Crippen LogP) is 1.70. The van der Waals surface area contributed by atoms with Crippen LogP contribution >= 0.6 is 11.6 Å². The van der Waals surface area contributed by atoms with Crippen LogP contribution < -0.4 is 11.1 Å². The summed E-state index contributed by atoms with van der Waals surface area (Å²) in [6, 6.07) is 5.05. The molecule has 1 unspecified atom stereocenters. The van der Waals surface area contributed by atoms with Gasteiger partial charge in [-0.2, -0.15) is 0 Å². The Balaban J connectivity index is 2.51. The zero-order valence-corrected chi connectivity index (χ0v) is 11.8. The summed E-state index contributed by atoms with van der Waals surface area (Å²) in [7, 11) is -1.26. The summed E-state index contributed by atoms with van der Waals surface area (Å²) in [4.78, 5) is 11.4. The first-order valence-corrected chi connectivity index (χ1v) is 7.55. The number of benzene rings is 1. The van der Waals surface area contributed by atoms with Crippen LogP contribution in [0, 0.1) is 0 Å². The molecule has 1 aromatic rings. The van der Waals surface area contributed by atoms with Crippen molar-refractivity contribution in [3.63, 3.8) is 0 Å². The van der Waals surface area contributed by atoms with E-state index in [4.69, 9.17) is 17.3 Å². The van der Waals surface area contributed by atoms with E-state index in [-0.39, 0.29) is 17.4 Å². The van der Waals surface area contributed by atoms with Gasteiger partial charge >= 0.3 is 0 Å². The number of carbonyl (C=O) groups excluding carboxylic acids is 1. The van der Waals surface area contributed by atoms with Crippen LogP contribution in [-0.2, 0) is 21.3 Å². The van der Waals surface area contributed by atoms with Crippen molar-refractivity contribution in [3.8, 4) is 0 Å². The Labute approximate surface area is 114 Å². The van der Waals surface area contributed by atoms with Crippen molar-refractivity contribution < 1.29 is 9.00 Å². The van der Waals surface area contributed by atoms with Crippen LogP contribution in [0.15, 0.2) is 18.2 Å². The quantitative estimate of drug-likeness (QED) is 0.783. The number of amides is 1. The SMILES string of the molecule is CCCNC(=O)CS(=O)Cc1ccc(Cl)cc1N. The molecule has 3 N–H and O–H groups in total. The van der Waals surface area contributed by atoms with E-state index in [1.54, 1.807) is 18.2 Å². The smallest absolute Gasteiger partial charge is 0.232 e. The van der Waals surface area contributed by atoms with Crippen molar-refractivity contribution in [2.45, 2.75) is 19.1 Å². The molecule has 1 aromatic carbocycles. The summed E-state index contributed by atoms with van der Waals surface area (Å²) < 4.78 is 11.8. The normalized spacial score (nSPS) is 12.1. The third-order valence-electron chi connectivity index (χ3n) is 2.29. The van der Waals surface area contributed by atoms with E-state index < -0.39 is 10.8 Å². The molecule has 0 fully saturated rings. The third-order valence-corrected chi connectivity index (χ3v) is 3.74. The largest absolute Gasteiger partial charge is 0.398 e. The van der Waals surface area contributed by atoms with Crippen molar-refractivity contribution in [2.75, 3.05) is 18.0 Å². The zero-order chi connectivity index (χ0) is 13.5. The third kappa shape index (κ3) is 5.06. The van der Waals surface area contributed by atoms with Crippen LogP contribution in [0.25, 0.3) is 0 Å². The molecule has 0 aliphatic carbocycles. The Kier molecular flexibility index (Phi) is 6.15. The summed E-state index contributed by atoms with van der Waals surface area (Å²) >= 11 is 5.78. The molecule has 1 rings (SSSR count). The minimum absolute atomic E-state index is 0.00205. The molecule has 0 spiro atoms. The second kappa shape index (κ2) is 7.38. The van der Waals surface area contributed by atoms with Gasteiger partial charge in [0.05, 0.1) is 5.75 Å². The molecule has 0 bridgehead atoms. The van der Waals surface area contributed by atoms with Crippen LogP contribution in [0.1, 0.15) is 18.9 Å². The lowest BCUT2D eigenvalue weighted by atomic mass is 10.2. The molecule has 0 aliphatic rings. The van der Waals surface area contributed by atoms with E-state index in [1.165, 1.54) is 0 Å². The highest BCUT2D eigenvalue weighted by Crippen LogP contribution is 2.19. The van der Waals surface area contributed by atoms with Crippen LogP contribution in [0.5, 0.6) is 0 Å². The van der Waals surface area contributed by atoms with Gasteiger partial charge in [0, 0.05) is 28.1 Å². The van der Waals surface area contributed by atoms with Gasteiger partial charge in [-0.1, -0.05) is 24.6 Å². The Morgan fingerprint density at radius 3 is 2.83 bits per heavy atom. The number of nitrogen functional groups attached to an aromatic ring is 1. The van der Waals surface area contributed by atoms with Crippen molar-refractivity contribution in [1.29, 1.82) is 0 Å². The standard InChI is InChI=1S/C12H17ClN2O2S/c1-2-5-15-12(16)8-18(17)7-9-3-4-10(13)6-11(9)14/h3-4,6H,2,5,7-8,14H2,1H3,(H,15,16). The summed E-state index contributed by atoms with van der Waals surface area (Å²) in [5.74, 6) is 0.0765. The fourth-order valence-corrected chi connectivity index (χ4v) is 2.67. The van der Waals surface area contributed by atoms with Gasteiger partial charge in [0.15, 0.2) is 0 Å². The van der Waals surface area contributed by atoms with Gasteiger partial charge in [-0.3, -0.25) is 9.00 Å². The van der Waals surface area contributed by atoms with Gasteiger partial charge in [0.25, 0.3) is 0 Å². The lowest BCUT2D eigenvalue weighted by Gasteiger charge is -2.06. The molecule has 1 amide bonds. The van der Waals surface area contributed by atoms with E-state index in [2.05, 4.69) is 5.32 Å². The Morgan fingerprint density at radius 2 is 2.22 bits per heavy atom. The molecule has 0 aromatic heterocycles. The number of halogens is 1. The van der Waals surface area contributed by atoms with E-state index in [0.717, 1.165) is 12.0 Å². The van der Waals surface area contributed by atoms with Crippen molar-refractivity contribution in [2.24, 2.45) is 0 Å². The number of nitrogens with two attached hydrogens (primary N) is 1. The average molecular weight is 289 g/mol. The maximum Gasteiger partial charge on any atom is 0.232 e. The van der Waals surface area contributed by atoms with Gasteiger partial charge in [0.2, 0.25) is 5.91 Å². The second-order valence-corrected chi connectivity index (χ2v) is 5.82. The number of nitrogens with one attached hydrogen (secondary N) is 1. The summed E-state index contributed by atoms with van der Waals surface area (Å²) in [5, 5.41) is 3.23. The number of hydrogen-bond acceptors (Lipinski definition) is 3. The molecule has 0 radical (unpaired) electrons. The second-order valence-electron chi connectivity index (χ2n) is 3.92. The van der Waals surface area contributed by atoms with Gasteiger partial charge in [-0.15, -0.1) is 0 Å². The molecular weight excluding hydrogens is 272 g/mol. The minimum Gasteiger partial charge on any atom is -0.398 e. The van der Waals surface area contributed by atoms with Crippen molar-refractivity contribution >= 4 is 34.0 Å². The maximum atomic E-state index is 11.8. The van der Waals surface area contributed by atoms with Crippen LogP contribution in [0.2, 0.25) is 5.02 Å². The monoisotopic (exact) mass is 288 g/mol. The van der Waals surface area contributed by atoms with Crippen LogP contribution in [0.4, 0.5) is 5.69 Å². The number of anilines is 1. The Morgan fingerprint density at radius 1 is 1.50 bits per heavy atom. The molecular formula is C12H17ClN2O2S. The fraction of sp³-hybridized carbons (Fsp3) is 0.417. The number of rotatable bonds is 6. The number of carbonyl (C=O) groups is 1. The Bertz CT molecular complexity index is 452. The zero-order valence-electron chi connectivity index (χ0n) is 10.2. The summed E-state index contributed by atoms with van der Waals surface area (Å²) in [5.41, 5.74) is 7.02. The van der Waals surface area contributed by atoms with Crippen LogP contribution in [0.3, 0.4) is 0 Å². The number of hydrogen-bond donors (Lipinski definition) is 2. The molecule has 0 saturated heterocycles. The van der Waals surface area contributed by atoms with Gasteiger partial charge in [-0.05, 0) is 24.1 Å². The molecule has 0 heterocycles. The van der Waals surface area contributed by atoms with Crippen LogP contribution in [-0.4, -0.2) is 22.4 Å². The van der Waals surface area contributed by atoms with E-state index in [0.29, 0.717) is 17.3 Å². The van der Waals surface area contributed by atoms with Gasteiger partial charge < -0.3 is 11.1 Å².